The first-order valence-corrected chi connectivity index (χ1v) is 9.81. The predicted octanol–water partition coefficient (Wildman–Crippen LogP) is 4.19. The van der Waals surface area contributed by atoms with Crippen LogP contribution in [0.1, 0.15) is 17.5 Å². The largest absolute Gasteiger partial charge is 0.455 e. The Balaban J connectivity index is 1.34. The van der Waals surface area contributed by atoms with Gasteiger partial charge in [-0.3, -0.25) is 9.59 Å². The average molecular weight is 387 g/mol. The Labute approximate surface area is 171 Å². The lowest BCUT2D eigenvalue weighted by Gasteiger charge is -2.07. The number of benzene rings is 3. The molecule has 1 amide bonds. The Morgan fingerprint density at radius 1 is 0.724 bits per heavy atom. The average Bonchev–Trinajstić information content (AvgIpc) is 2.77. The fourth-order valence-corrected chi connectivity index (χ4v) is 3.03. The molecule has 3 aromatic rings. The number of esters is 1. The molecule has 1 N–H and O–H groups in total. The predicted molar refractivity (Wildman–Crippen MR) is 114 cm³/mol. The van der Waals surface area contributed by atoms with Crippen LogP contribution in [0, 0.1) is 0 Å². The van der Waals surface area contributed by atoms with Gasteiger partial charge in [0.15, 0.2) is 6.61 Å². The molecule has 0 aromatic heterocycles. The molecule has 0 fully saturated rings. The molecule has 0 aliphatic carbocycles. The molecule has 4 heteroatoms. The van der Waals surface area contributed by atoms with E-state index < -0.39 is 5.97 Å². The molecule has 0 aliphatic rings. The third-order valence-electron chi connectivity index (χ3n) is 4.58. The van der Waals surface area contributed by atoms with E-state index >= 15 is 0 Å². The van der Waals surface area contributed by atoms with Crippen LogP contribution in [0.15, 0.2) is 84.9 Å². The zero-order valence-corrected chi connectivity index (χ0v) is 16.3. The molecule has 4 nitrogen and oxygen atoms in total. The fourth-order valence-electron chi connectivity index (χ4n) is 3.03. The summed E-state index contributed by atoms with van der Waals surface area (Å²) >= 11 is 0. The van der Waals surface area contributed by atoms with Crippen molar-refractivity contribution < 1.29 is 14.3 Å². The summed E-state index contributed by atoms with van der Waals surface area (Å²) in [5, 5.41) is 2.78. The monoisotopic (exact) mass is 387 g/mol. The lowest BCUT2D eigenvalue weighted by molar-refractivity contribution is -0.147. The van der Waals surface area contributed by atoms with Crippen molar-refractivity contribution in [2.75, 3.05) is 13.2 Å². The maximum atomic E-state index is 12.0. The van der Waals surface area contributed by atoms with Crippen LogP contribution in [0.2, 0.25) is 0 Å². The van der Waals surface area contributed by atoms with Crippen LogP contribution in [-0.4, -0.2) is 25.0 Å². The lowest BCUT2D eigenvalue weighted by Crippen LogP contribution is -2.30. The fraction of sp³-hybridized carbons (Fsp3) is 0.200. The van der Waals surface area contributed by atoms with E-state index in [4.69, 9.17) is 4.74 Å². The van der Waals surface area contributed by atoms with Gasteiger partial charge in [-0.25, -0.2) is 0 Å². The molecule has 0 aliphatic heterocycles. The van der Waals surface area contributed by atoms with E-state index in [-0.39, 0.29) is 18.9 Å². The van der Waals surface area contributed by atoms with Crippen LogP contribution in [-0.2, 0) is 27.2 Å². The number of nitrogens with one attached hydrogen (secondary N) is 1. The molecule has 0 saturated carbocycles. The minimum absolute atomic E-state index is 0.149. The highest BCUT2D eigenvalue weighted by Crippen LogP contribution is 2.19. The highest BCUT2D eigenvalue weighted by Gasteiger charge is 2.09. The number of ether oxygens (including phenoxy) is 1. The minimum Gasteiger partial charge on any atom is -0.455 e. The second-order valence-electron chi connectivity index (χ2n) is 6.84. The Kier molecular flexibility index (Phi) is 7.58. The van der Waals surface area contributed by atoms with Crippen LogP contribution in [0.5, 0.6) is 0 Å². The van der Waals surface area contributed by atoms with E-state index in [1.807, 2.05) is 72.8 Å². The molecule has 0 spiro atoms. The van der Waals surface area contributed by atoms with Crippen LogP contribution in [0.4, 0.5) is 0 Å². The van der Waals surface area contributed by atoms with Gasteiger partial charge in [0.2, 0.25) is 0 Å². The van der Waals surface area contributed by atoms with Crippen molar-refractivity contribution in [1.29, 1.82) is 0 Å². The van der Waals surface area contributed by atoms with Crippen molar-refractivity contribution >= 4 is 11.9 Å². The SMILES string of the molecule is O=C(COC(=O)Cc1ccc(-c2ccccc2)cc1)NCCCc1ccccc1. The molecule has 29 heavy (non-hydrogen) atoms. The topological polar surface area (TPSA) is 55.4 Å². The van der Waals surface area contributed by atoms with Crippen LogP contribution < -0.4 is 5.32 Å². The molecule has 0 unspecified atom stereocenters. The number of carbonyl (C=O) groups excluding carboxylic acids is 2. The van der Waals surface area contributed by atoms with Gasteiger partial charge in [0.25, 0.3) is 5.91 Å². The summed E-state index contributed by atoms with van der Waals surface area (Å²) < 4.78 is 5.09. The zero-order valence-electron chi connectivity index (χ0n) is 16.3. The maximum absolute atomic E-state index is 12.0. The second-order valence-corrected chi connectivity index (χ2v) is 6.84. The number of hydrogen-bond donors (Lipinski definition) is 1. The van der Waals surface area contributed by atoms with Gasteiger partial charge in [-0.2, -0.15) is 0 Å². The highest BCUT2D eigenvalue weighted by atomic mass is 16.5. The molecule has 3 aromatic carbocycles. The van der Waals surface area contributed by atoms with E-state index in [9.17, 15) is 9.59 Å². The summed E-state index contributed by atoms with van der Waals surface area (Å²) in [5.41, 5.74) is 4.33. The van der Waals surface area contributed by atoms with Gasteiger partial charge in [-0.05, 0) is 35.1 Å². The molecule has 3 rings (SSSR count). The summed E-state index contributed by atoms with van der Waals surface area (Å²) in [5.74, 6) is -0.678. The maximum Gasteiger partial charge on any atom is 0.310 e. The Morgan fingerprint density at radius 2 is 1.34 bits per heavy atom. The molecular weight excluding hydrogens is 362 g/mol. The van der Waals surface area contributed by atoms with Crippen molar-refractivity contribution in [3.05, 3.63) is 96.1 Å². The third kappa shape index (κ3) is 6.92. The number of rotatable bonds is 9. The number of amides is 1. The van der Waals surface area contributed by atoms with Crippen molar-refractivity contribution in [2.24, 2.45) is 0 Å². The molecule has 0 atom stereocenters. The smallest absolute Gasteiger partial charge is 0.310 e. The zero-order chi connectivity index (χ0) is 20.3. The summed E-state index contributed by atoms with van der Waals surface area (Å²) in [4.78, 5) is 23.8. The van der Waals surface area contributed by atoms with E-state index in [2.05, 4.69) is 17.4 Å². The Morgan fingerprint density at radius 3 is 2.03 bits per heavy atom. The molecule has 0 heterocycles. The summed E-state index contributed by atoms with van der Waals surface area (Å²) in [7, 11) is 0. The van der Waals surface area contributed by atoms with Gasteiger partial charge in [-0.1, -0.05) is 84.9 Å². The van der Waals surface area contributed by atoms with E-state index in [0.29, 0.717) is 6.54 Å². The van der Waals surface area contributed by atoms with Gasteiger partial charge >= 0.3 is 5.97 Å². The minimum atomic E-state index is -0.406. The lowest BCUT2D eigenvalue weighted by atomic mass is 10.0. The summed E-state index contributed by atoms with van der Waals surface area (Å²) in [6.45, 7) is 0.318. The normalized spacial score (nSPS) is 10.3. The molecular formula is C25H25NO3. The molecule has 0 saturated heterocycles. The van der Waals surface area contributed by atoms with Crippen LogP contribution >= 0.6 is 0 Å². The van der Waals surface area contributed by atoms with Crippen LogP contribution in [0.3, 0.4) is 0 Å². The van der Waals surface area contributed by atoms with Crippen molar-refractivity contribution in [2.45, 2.75) is 19.3 Å². The van der Waals surface area contributed by atoms with E-state index in [1.54, 1.807) is 0 Å². The first kappa shape index (κ1) is 20.3. The van der Waals surface area contributed by atoms with E-state index in [0.717, 1.165) is 29.5 Å². The van der Waals surface area contributed by atoms with Crippen LogP contribution in [0.25, 0.3) is 11.1 Å². The van der Waals surface area contributed by atoms with Gasteiger partial charge < -0.3 is 10.1 Å². The Hall–Kier alpha value is -3.40. The van der Waals surface area contributed by atoms with Crippen molar-refractivity contribution in [1.82, 2.24) is 5.32 Å². The number of aryl methyl sites for hydroxylation is 1. The first-order valence-electron chi connectivity index (χ1n) is 9.81. The quantitative estimate of drug-likeness (QED) is 0.442. The number of hydrogen-bond acceptors (Lipinski definition) is 3. The van der Waals surface area contributed by atoms with Gasteiger partial charge in [-0.15, -0.1) is 0 Å². The standard InChI is InChI=1S/C25H25NO3/c27-24(26-17-7-10-20-8-3-1-4-9-20)19-29-25(28)18-21-13-15-23(16-14-21)22-11-5-2-6-12-22/h1-6,8-9,11-16H,7,10,17-19H2,(H,26,27). The second kappa shape index (κ2) is 10.8. The molecule has 148 valence electrons. The summed E-state index contributed by atoms with van der Waals surface area (Å²) in [6.07, 6.45) is 1.90. The Bertz CT molecular complexity index is 906. The van der Waals surface area contributed by atoms with Gasteiger partial charge in [0, 0.05) is 6.54 Å². The molecule has 0 bridgehead atoms. The molecule has 0 radical (unpaired) electrons. The first-order chi connectivity index (χ1) is 14.2. The number of carbonyl (C=O) groups is 2. The highest BCUT2D eigenvalue weighted by molar-refractivity contribution is 5.81. The third-order valence-corrected chi connectivity index (χ3v) is 4.58. The van der Waals surface area contributed by atoms with Gasteiger partial charge in [0.1, 0.15) is 0 Å². The van der Waals surface area contributed by atoms with Crippen molar-refractivity contribution in [3.8, 4) is 11.1 Å². The summed E-state index contributed by atoms with van der Waals surface area (Å²) in [6, 6.07) is 28.0. The van der Waals surface area contributed by atoms with E-state index in [1.165, 1.54) is 5.56 Å². The van der Waals surface area contributed by atoms with Crippen molar-refractivity contribution in [3.63, 3.8) is 0 Å². The van der Waals surface area contributed by atoms with Gasteiger partial charge in [0.05, 0.1) is 6.42 Å².